The Bertz CT molecular complexity index is 844. The average molecular weight is 523 g/mol. The molecule has 204 valence electrons. The van der Waals surface area contributed by atoms with Gasteiger partial charge in [0.15, 0.2) is 20.4 Å². The molecule has 2 fully saturated rings. The summed E-state index contributed by atoms with van der Waals surface area (Å²) in [7, 11) is -2.10. The lowest BCUT2D eigenvalue weighted by atomic mass is 9.95. The van der Waals surface area contributed by atoms with Crippen molar-refractivity contribution in [3.05, 3.63) is 35.9 Å². The number of hydrogen-bond acceptors (Lipinski definition) is 7. The van der Waals surface area contributed by atoms with Crippen LogP contribution in [-0.2, 0) is 30.0 Å². The van der Waals surface area contributed by atoms with Gasteiger partial charge in [-0.15, -0.1) is 0 Å². The number of ether oxygens (including phenoxy) is 4. The summed E-state index contributed by atoms with van der Waals surface area (Å²) in [6, 6.07) is 9.46. The summed E-state index contributed by atoms with van der Waals surface area (Å²) in [6.45, 7) is 18.6. The van der Waals surface area contributed by atoms with Gasteiger partial charge in [-0.2, -0.15) is 0 Å². The second kappa shape index (κ2) is 11.9. The van der Waals surface area contributed by atoms with Crippen molar-refractivity contribution in [2.75, 3.05) is 13.1 Å². The summed E-state index contributed by atoms with van der Waals surface area (Å²) >= 11 is 0. The quantitative estimate of drug-likeness (QED) is 0.332. The molecule has 1 amide bonds. The predicted molar refractivity (Wildman–Crippen MR) is 142 cm³/mol. The third-order valence-corrected chi connectivity index (χ3v) is 11.8. The van der Waals surface area contributed by atoms with Gasteiger partial charge in [0.2, 0.25) is 0 Å². The zero-order valence-electron chi connectivity index (χ0n) is 23.3. The first-order valence-corrected chi connectivity index (χ1v) is 16.1. The number of hydrogen-bond donors (Lipinski definition) is 2. The first-order valence-electron chi connectivity index (χ1n) is 13.2. The maximum absolute atomic E-state index is 12.0. The molecule has 2 aliphatic heterocycles. The highest BCUT2D eigenvalue weighted by atomic mass is 28.4. The van der Waals surface area contributed by atoms with Crippen LogP contribution in [-0.4, -0.2) is 63.9 Å². The molecule has 2 unspecified atom stereocenters. The molecule has 0 saturated carbocycles. The number of fused-ring (bicyclic) bond motifs is 1. The largest absolute Gasteiger partial charge is 0.445 e. The fraction of sp³-hybridized carbons (Fsp3) is 0.741. The van der Waals surface area contributed by atoms with Crippen molar-refractivity contribution in [2.24, 2.45) is 0 Å². The van der Waals surface area contributed by atoms with Gasteiger partial charge in [0.05, 0.1) is 12.1 Å². The zero-order valence-corrected chi connectivity index (χ0v) is 24.3. The van der Waals surface area contributed by atoms with Gasteiger partial charge >= 0.3 is 6.09 Å². The topological polar surface area (TPSA) is 87.3 Å². The van der Waals surface area contributed by atoms with E-state index in [9.17, 15) is 4.79 Å². The minimum Gasteiger partial charge on any atom is -0.445 e. The van der Waals surface area contributed by atoms with Crippen molar-refractivity contribution >= 4 is 14.4 Å². The molecule has 0 radical (unpaired) electrons. The number of carbonyl (C=O) groups excluding carboxylic acids is 1. The molecule has 0 aromatic heterocycles. The fourth-order valence-corrected chi connectivity index (χ4v) is 5.44. The SMILES string of the molecule is CC[C@H]1OC(O[Si](C)(C)C(C)(C)C)[C@H](NCCCNC(=O)OCc2ccccc2)C2OC(C)(C)O[C@H]21. The minimum absolute atomic E-state index is 0.0514. The highest BCUT2D eigenvalue weighted by Crippen LogP contribution is 2.42. The Hall–Kier alpha value is -1.49. The van der Waals surface area contributed by atoms with Crippen LogP contribution in [0, 0.1) is 0 Å². The molecule has 9 heteroatoms. The minimum atomic E-state index is -2.10. The summed E-state index contributed by atoms with van der Waals surface area (Å²) in [4.78, 5) is 12.0. The molecule has 8 nitrogen and oxygen atoms in total. The van der Waals surface area contributed by atoms with Crippen molar-refractivity contribution in [2.45, 2.75) is 116 Å². The Balaban J connectivity index is 1.56. The van der Waals surface area contributed by atoms with Gasteiger partial charge in [-0.25, -0.2) is 4.79 Å². The Morgan fingerprint density at radius 1 is 1.08 bits per heavy atom. The van der Waals surface area contributed by atoms with Crippen molar-refractivity contribution in [3.8, 4) is 0 Å². The first kappa shape index (κ1) is 29.1. The smallest absolute Gasteiger partial charge is 0.407 e. The summed E-state index contributed by atoms with van der Waals surface area (Å²) in [5.74, 6) is -0.679. The highest BCUT2D eigenvalue weighted by Gasteiger charge is 2.56. The van der Waals surface area contributed by atoms with E-state index in [2.05, 4.69) is 51.4 Å². The Kier molecular flexibility index (Phi) is 9.62. The molecular weight excluding hydrogens is 476 g/mol. The second-order valence-electron chi connectivity index (χ2n) is 11.7. The van der Waals surface area contributed by atoms with Crippen LogP contribution in [0.1, 0.15) is 59.9 Å². The van der Waals surface area contributed by atoms with Gasteiger partial charge in [-0.1, -0.05) is 58.0 Å². The monoisotopic (exact) mass is 522 g/mol. The number of rotatable bonds is 10. The van der Waals surface area contributed by atoms with Gasteiger partial charge in [-0.05, 0) is 56.9 Å². The van der Waals surface area contributed by atoms with Crippen LogP contribution in [0.4, 0.5) is 4.79 Å². The molecule has 0 bridgehead atoms. The van der Waals surface area contributed by atoms with E-state index < -0.39 is 26.5 Å². The number of nitrogens with one attached hydrogen (secondary N) is 2. The van der Waals surface area contributed by atoms with Gasteiger partial charge in [0.25, 0.3) is 0 Å². The van der Waals surface area contributed by atoms with Crippen LogP contribution in [0.15, 0.2) is 30.3 Å². The Morgan fingerprint density at radius 3 is 2.39 bits per heavy atom. The molecule has 2 N–H and O–H groups in total. The number of benzene rings is 1. The van der Waals surface area contributed by atoms with Gasteiger partial charge < -0.3 is 34.0 Å². The Labute approximate surface area is 217 Å². The molecule has 36 heavy (non-hydrogen) atoms. The van der Waals surface area contributed by atoms with Crippen LogP contribution >= 0.6 is 0 Å². The molecule has 5 atom stereocenters. The molecule has 2 aliphatic rings. The summed E-state index contributed by atoms with van der Waals surface area (Å²) in [5, 5.41) is 6.48. The lowest BCUT2D eigenvalue weighted by molar-refractivity contribution is -0.217. The predicted octanol–water partition coefficient (Wildman–Crippen LogP) is 4.94. The van der Waals surface area contributed by atoms with Gasteiger partial charge in [0, 0.05) is 6.54 Å². The van der Waals surface area contributed by atoms with E-state index in [0.717, 1.165) is 18.4 Å². The van der Waals surface area contributed by atoms with Crippen LogP contribution in [0.2, 0.25) is 18.1 Å². The number of amides is 1. The summed E-state index contributed by atoms with van der Waals surface area (Å²) < 4.78 is 31.2. The van der Waals surface area contributed by atoms with Crippen molar-refractivity contribution in [1.29, 1.82) is 0 Å². The van der Waals surface area contributed by atoms with Gasteiger partial charge in [0.1, 0.15) is 18.8 Å². The third kappa shape index (κ3) is 7.52. The molecule has 1 aromatic carbocycles. The summed E-state index contributed by atoms with van der Waals surface area (Å²) in [6.07, 6.45) is 0.260. The third-order valence-electron chi connectivity index (χ3n) is 7.32. The standard InChI is InChI=1S/C27H46N2O6Si/c1-9-20-22-23(34-27(5,6)33-22)21(24(32-20)35-36(7,8)26(2,3)4)28-16-13-17-29-25(30)31-18-19-14-11-10-12-15-19/h10-12,14-15,20-24,28H,9,13,16-18H2,1-8H3,(H,29,30)/t20-,21-,22+,23?,24?/m1/s1. The molecule has 2 heterocycles. The normalized spacial score (nSPS) is 27.9. The van der Waals surface area contributed by atoms with E-state index in [1.54, 1.807) is 0 Å². The maximum atomic E-state index is 12.0. The molecule has 3 rings (SSSR count). The highest BCUT2D eigenvalue weighted by molar-refractivity contribution is 6.74. The van der Waals surface area contributed by atoms with Crippen LogP contribution in [0.25, 0.3) is 0 Å². The second-order valence-corrected chi connectivity index (χ2v) is 16.5. The van der Waals surface area contributed by atoms with E-state index >= 15 is 0 Å². The van der Waals surface area contributed by atoms with Crippen molar-refractivity contribution in [3.63, 3.8) is 0 Å². The molecular formula is C27H46N2O6Si. The molecule has 0 aliphatic carbocycles. The van der Waals surface area contributed by atoms with Crippen LogP contribution in [0.5, 0.6) is 0 Å². The van der Waals surface area contributed by atoms with E-state index in [-0.39, 0.29) is 36.0 Å². The lowest BCUT2D eigenvalue weighted by Gasteiger charge is -2.47. The summed E-state index contributed by atoms with van der Waals surface area (Å²) in [5.41, 5.74) is 0.959. The van der Waals surface area contributed by atoms with E-state index in [0.29, 0.717) is 13.1 Å². The van der Waals surface area contributed by atoms with E-state index in [1.165, 1.54) is 0 Å². The Morgan fingerprint density at radius 2 is 1.75 bits per heavy atom. The maximum Gasteiger partial charge on any atom is 0.407 e. The fourth-order valence-electron chi connectivity index (χ4n) is 4.30. The molecule has 2 saturated heterocycles. The van der Waals surface area contributed by atoms with Crippen LogP contribution in [0.3, 0.4) is 0 Å². The molecule has 1 aromatic rings. The van der Waals surface area contributed by atoms with Crippen molar-refractivity contribution in [1.82, 2.24) is 10.6 Å². The lowest BCUT2D eigenvalue weighted by Crippen LogP contribution is -2.64. The van der Waals surface area contributed by atoms with Gasteiger partial charge in [-0.3, -0.25) is 0 Å². The van der Waals surface area contributed by atoms with Crippen molar-refractivity contribution < 1.29 is 28.2 Å². The van der Waals surface area contributed by atoms with Crippen LogP contribution < -0.4 is 10.6 Å². The first-order chi connectivity index (χ1) is 16.8. The van der Waals surface area contributed by atoms with E-state index in [1.807, 2.05) is 44.2 Å². The average Bonchev–Trinajstić information content (AvgIpc) is 3.13. The number of carbonyl (C=O) groups is 1. The molecule has 0 spiro atoms. The zero-order chi connectivity index (χ0) is 26.6. The number of alkyl carbamates (subject to hydrolysis) is 1. The van der Waals surface area contributed by atoms with E-state index in [4.69, 9.17) is 23.4 Å².